The van der Waals surface area contributed by atoms with Gasteiger partial charge in [-0.15, -0.1) is 0 Å². The SMILES string of the molecule is CC[C@H](C)[C@@H](C(=O)N1C[C@@H](COC)C[C@H]1c1nc2c(ccc3cc4c(cc32)OCc2cc(-c3cnc([C@@H]5CC[C@H](C)N5C(=O)[C@@H](NC(=O)OC)[C@@H](C)OC)[nH]3)ccc2-4)[nH]1)N(C)C(=O)O. The summed E-state index contributed by atoms with van der Waals surface area (Å²) < 4.78 is 22.2. The van der Waals surface area contributed by atoms with Gasteiger partial charge in [0.15, 0.2) is 0 Å². The van der Waals surface area contributed by atoms with Crippen LogP contribution in [0.15, 0.2) is 48.7 Å². The fraction of sp³-hybridized carbons (Fsp3) is 0.489. The Hall–Kier alpha value is -6.20. The van der Waals surface area contributed by atoms with Crippen LogP contribution in [0.1, 0.15) is 82.7 Å². The molecule has 340 valence electrons. The molecule has 2 fully saturated rings. The molecule has 2 aromatic heterocycles. The third-order valence-corrected chi connectivity index (χ3v) is 13.6. The van der Waals surface area contributed by atoms with Crippen molar-refractivity contribution in [1.29, 1.82) is 0 Å². The van der Waals surface area contributed by atoms with Gasteiger partial charge in [-0.1, -0.05) is 38.5 Å². The average Bonchev–Trinajstić information content (AvgIpc) is 4.12. The number of amides is 4. The fourth-order valence-corrected chi connectivity index (χ4v) is 9.85. The largest absolute Gasteiger partial charge is 0.488 e. The molecule has 0 saturated carbocycles. The molecular weight excluding hydrogens is 821 g/mol. The number of carboxylic acid groups (broad SMARTS) is 1. The highest BCUT2D eigenvalue weighted by atomic mass is 16.5. The molecular formula is C47H58N8O9. The van der Waals surface area contributed by atoms with E-state index in [9.17, 15) is 24.3 Å². The number of likely N-dealkylation sites (N-methyl/N-ethyl adjacent to an activating group) is 1. The third kappa shape index (κ3) is 8.10. The van der Waals surface area contributed by atoms with E-state index in [1.807, 2.05) is 32.9 Å². The van der Waals surface area contributed by atoms with Crippen LogP contribution in [0.5, 0.6) is 5.75 Å². The van der Waals surface area contributed by atoms with Gasteiger partial charge in [0.2, 0.25) is 11.8 Å². The molecule has 0 bridgehead atoms. The quantitative estimate of drug-likeness (QED) is 0.0945. The van der Waals surface area contributed by atoms with E-state index in [1.54, 1.807) is 30.0 Å². The number of nitrogens with zero attached hydrogens (tertiary/aromatic N) is 5. The first kappa shape index (κ1) is 44.4. The van der Waals surface area contributed by atoms with E-state index >= 15 is 0 Å². The van der Waals surface area contributed by atoms with Crippen LogP contribution < -0.4 is 10.1 Å². The minimum absolute atomic E-state index is 0.0617. The Labute approximate surface area is 371 Å². The first-order chi connectivity index (χ1) is 30.8. The Morgan fingerprint density at radius 1 is 1.00 bits per heavy atom. The molecule has 64 heavy (non-hydrogen) atoms. The summed E-state index contributed by atoms with van der Waals surface area (Å²) in [5.41, 5.74) is 6.35. The molecule has 17 nitrogen and oxygen atoms in total. The number of aromatic nitrogens is 4. The van der Waals surface area contributed by atoms with E-state index in [-0.39, 0.29) is 41.8 Å². The van der Waals surface area contributed by atoms with Crippen LogP contribution in [0.3, 0.4) is 0 Å². The van der Waals surface area contributed by atoms with Crippen molar-refractivity contribution >= 4 is 45.8 Å². The Balaban J connectivity index is 1.06. The van der Waals surface area contributed by atoms with Crippen LogP contribution >= 0.6 is 0 Å². The van der Waals surface area contributed by atoms with Crippen molar-refractivity contribution in [3.8, 4) is 28.1 Å². The molecule has 2 saturated heterocycles. The minimum atomic E-state index is -1.14. The van der Waals surface area contributed by atoms with Crippen molar-refractivity contribution < 1.29 is 43.2 Å². The Morgan fingerprint density at radius 3 is 2.52 bits per heavy atom. The highest BCUT2D eigenvalue weighted by Gasteiger charge is 2.44. The molecule has 8 rings (SSSR count). The lowest BCUT2D eigenvalue weighted by Crippen LogP contribution is -2.55. The lowest BCUT2D eigenvalue weighted by atomic mass is 9.92. The number of carbonyl (C=O) groups excluding carboxylic acids is 3. The van der Waals surface area contributed by atoms with E-state index in [4.69, 9.17) is 28.9 Å². The van der Waals surface area contributed by atoms with Crippen molar-refractivity contribution in [2.45, 2.75) is 96.3 Å². The summed E-state index contributed by atoms with van der Waals surface area (Å²) >= 11 is 0. The van der Waals surface area contributed by atoms with Gasteiger partial charge in [0, 0.05) is 50.7 Å². The van der Waals surface area contributed by atoms with Gasteiger partial charge in [0.25, 0.3) is 0 Å². The summed E-state index contributed by atoms with van der Waals surface area (Å²) in [4.78, 5) is 74.1. The molecule has 3 aliphatic heterocycles. The van der Waals surface area contributed by atoms with Gasteiger partial charge in [-0.3, -0.25) is 14.5 Å². The van der Waals surface area contributed by atoms with Crippen LogP contribution in [0.25, 0.3) is 44.2 Å². The van der Waals surface area contributed by atoms with Gasteiger partial charge in [-0.05, 0) is 85.4 Å². The summed E-state index contributed by atoms with van der Waals surface area (Å²) in [5, 5.41) is 14.4. The van der Waals surface area contributed by atoms with Crippen molar-refractivity contribution in [2.75, 3.05) is 41.5 Å². The van der Waals surface area contributed by atoms with Gasteiger partial charge in [0.05, 0.1) is 54.8 Å². The van der Waals surface area contributed by atoms with Crippen molar-refractivity contribution in [3.05, 3.63) is 65.9 Å². The number of imidazole rings is 2. The maximum absolute atomic E-state index is 14.3. The molecule has 0 spiro atoms. The number of nitrogens with one attached hydrogen (secondary N) is 3. The number of fused-ring (bicyclic) bond motifs is 6. The van der Waals surface area contributed by atoms with Gasteiger partial charge < -0.3 is 49.1 Å². The second-order valence-corrected chi connectivity index (χ2v) is 17.5. The standard InChI is InChI=1S/C47H58N8O9/c1-9-24(2)41(53(5)47(59)60)45(57)54-21-27(22-61-6)16-37(54)43-49-34-14-12-28-18-33-31-13-11-29(17-30(31)23-64-38(33)19-32(28)40(34)51-43)35-20-48-42(50-35)36-15-10-25(3)55(36)44(56)39(26(4)62-7)52-46(58)63-8/h11-14,17-20,24-27,36-37,39,41H,9-10,15-16,21-23H2,1-8H3,(H,48,50)(H,49,51)(H,52,58)(H,59,60)/t24-,25-,26+,27-,36-,37-,39-,41-/m0/s1. The van der Waals surface area contributed by atoms with Gasteiger partial charge in [-0.25, -0.2) is 19.6 Å². The Bertz CT molecular complexity index is 2570. The third-order valence-electron chi connectivity index (χ3n) is 13.6. The van der Waals surface area contributed by atoms with E-state index in [1.165, 1.54) is 21.3 Å². The van der Waals surface area contributed by atoms with Crippen LogP contribution in [-0.4, -0.2) is 130 Å². The normalized spacial score (nSPS) is 21.2. The van der Waals surface area contributed by atoms with Crippen LogP contribution in [-0.2, 0) is 30.4 Å². The Morgan fingerprint density at radius 2 is 1.80 bits per heavy atom. The zero-order valence-corrected chi connectivity index (χ0v) is 37.6. The fourth-order valence-electron chi connectivity index (χ4n) is 9.85. The number of hydrogen-bond donors (Lipinski definition) is 4. The lowest BCUT2D eigenvalue weighted by molar-refractivity contribution is -0.140. The van der Waals surface area contributed by atoms with E-state index in [0.29, 0.717) is 50.7 Å². The lowest BCUT2D eigenvalue weighted by Gasteiger charge is -2.34. The predicted octanol–water partition coefficient (Wildman–Crippen LogP) is 7.04. The molecule has 4 amide bonds. The van der Waals surface area contributed by atoms with Gasteiger partial charge in [-0.2, -0.15) is 0 Å². The van der Waals surface area contributed by atoms with E-state index in [0.717, 1.165) is 66.8 Å². The summed E-state index contributed by atoms with van der Waals surface area (Å²) in [6, 6.07) is 11.9. The molecule has 0 radical (unpaired) electrons. The van der Waals surface area contributed by atoms with Gasteiger partial charge in [0.1, 0.15) is 36.1 Å². The Kier molecular flexibility index (Phi) is 12.6. The van der Waals surface area contributed by atoms with Crippen molar-refractivity contribution in [2.24, 2.45) is 11.8 Å². The maximum atomic E-state index is 14.3. The molecule has 4 N–H and O–H groups in total. The maximum Gasteiger partial charge on any atom is 0.407 e. The first-order valence-corrected chi connectivity index (χ1v) is 22.0. The van der Waals surface area contributed by atoms with Gasteiger partial charge >= 0.3 is 12.2 Å². The molecule has 5 heterocycles. The van der Waals surface area contributed by atoms with Crippen LogP contribution in [0.4, 0.5) is 9.59 Å². The second kappa shape index (κ2) is 18.1. The smallest absolute Gasteiger partial charge is 0.407 e. The topological polar surface area (TPSA) is 205 Å². The van der Waals surface area contributed by atoms with Crippen LogP contribution in [0, 0.1) is 11.8 Å². The highest BCUT2D eigenvalue weighted by molar-refractivity contribution is 6.07. The minimum Gasteiger partial charge on any atom is -0.488 e. The summed E-state index contributed by atoms with van der Waals surface area (Å²) in [5.74, 6) is 1.43. The summed E-state index contributed by atoms with van der Waals surface area (Å²) in [6.45, 7) is 8.86. The molecule has 8 atom stereocenters. The number of alkyl carbamates (subject to hydrolysis) is 1. The average molecular weight is 879 g/mol. The summed E-state index contributed by atoms with van der Waals surface area (Å²) in [7, 11) is 5.87. The first-order valence-electron chi connectivity index (χ1n) is 22.0. The van der Waals surface area contributed by atoms with Crippen LogP contribution in [0.2, 0.25) is 0 Å². The number of hydrogen-bond acceptors (Lipinski definition) is 10. The highest BCUT2D eigenvalue weighted by Crippen LogP contribution is 2.44. The number of methoxy groups -OCH3 is 3. The molecule has 17 heteroatoms. The number of likely N-dealkylation sites (tertiary alicyclic amines) is 2. The number of benzene rings is 3. The number of rotatable bonds is 13. The van der Waals surface area contributed by atoms with Crippen molar-refractivity contribution in [3.63, 3.8) is 0 Å². The molecule has 5 aromatic rings. The number of aromatic amines is 2. The van der Waals surface area contributed by atoms with E-state index < -0.39 is 30.4 Å². The summed E-state index contributed by atoms with van der Waals surface area (Å²) in [6.07, 6.45) is 2.11. The molecule has 0 aliphatic carbocycles. The zero-order chi connectivity index (χ0) is 45.6. The predicted molar refractivity (Wildman–Crippen MR) is 238 cm³/mol. The second-order valence-electron chi connectivity index (χ2n) is 17.5. The molecule has 3 aromatic carbocycles. The zero-order valence-electron chi connectivity index (χ0n) is 37.6. The van der Waals surface area contributed by atoms with Crippen molar-refractivity contribution in [1.82, 2.24) is 40.0 Å². The monoisotopic (exact) mass is 878 g/mol. The molecule has 3 aliphatic rings. The number of ether oxygens (including phenoxy) is 4. The molecule has 0 unspecified atom stereocenters. The number of carbonyl (C=O) groups is 4. The van der Waals surface area contributed by atoms with E-state index in [2.05, 4.69) is 45.6 Å². The number of H-pyrrole nitrogens is 2.